The molecule has 0 amide bonds. The Hall–Kier alpha value is -2.88. The molecule has 0 radical (unpaired) electrons. The average Bonchev–Trinajstić information content (AvgIpc) is 3.17. The van der Waals surface area contributed by atoms with Crippen molar-refractivity contribution in [1.82, 2.24) is 19.7 Å². The van der Waals surface area contributed by atoms with Crippen molar-refractivity contribution < 1.29 is 0 Å². The Morgan fingerprint density at radius 3 is 2.55 bits per heavy atom. The van der Waals surface area contributed by atoms with Crippen molar-refractivity contribution in [3.8, 4) is 16.8 Å². The average molecular weight is 260 g/mol. The molecule has 0 atom stereocenters. The Bertz CT molecular complexity index is 842. The van der Waals surface area contributed by atoms with Crippen LogP contribution in [-0.4, -0.2) is 19.7 Å². The monoisotopic (exact) mass is 260 g/mol. The summed E-state index contributed by atoms with van der Waals surface area (Å²) in [7, 11) is 0. The minimum atomic E-state index is 1.01. The Morgan fingerprint density at radius 2 is 1.75 bits per heavy atom. The van der Waals surface area contributed by atoms with Crippen LogP contribution < -0.4 is 0 Å². The molecule has 4 nitrogen and oxygen atoms in total. The van der Waals surface area contributed by atoms with Crippen molar-refractivity contribution in [1.29, 1.82) is 0 Å². The molecule has 1 N–H and O–H groups in total. The maximum Gasteiger partial charge on any atom is 0.100 e. The highest BCUT2D eigenvalue weighted by Gasteiger charge is 2.04. The molecule has 2 aromatic carbocycles. The lowest BCUT2D eigenvalue weighted by molar-refractivity contribution is 1.09. The molecule has 4 rings (SSSR count). The summed E-state index contributed by atoms with van der Waals surface area (Å²) in [5.74, 6) is 0. The number of aromatic nitrogens is 4. The number of fused-ring (bicyclic) bond motifs is 1. The predicted octanol–water partition coefficient (Wildman–Crippen LogP) is 3.42. The molecule has 2 aromatic heterocycles. The summed E-state index contributed by atoms with van der Waals surface area (Å²) in [5.41, 5.74) is 5.46. The van der Waals surface area contributed by atoms with Gasteiger partial charge in [-0.3, -0.25) is 9.67 Å². The number of para-hydroxylation sites is 2. The molecule has 0 unspecified atom stereocenters. The topological polar surface area (TPSA) is 46.5 Å². The largest absolute Gasteiger partial charge is 0.299 e. The van der Waals surface area contributed by atoms with Crippen molar-refractivity contribution in [2.24, 2.45) is 0 Å². The van der Waals surface area contributed by atoms with Crippen LogP contribution in [-0.2, 0) is 0 Å². The first-order valence-electron chi connectivity index (χ1n) is 6.43. The van der Waals surface area contributed by atoms with Gasteiger partial charge in [0, 0.05) is 17.4 Å². The van der Waals surface area contributed by atoms with Crippen molar-refractivity contribution in [2.75, 3.05) is 0 Å². The Balaban J connectivity index is 1.79. The summed E-state index contributed by atoms with van der Waals surface area (Å²) in [5, 5.41) is 6.80. The molecule has 0 fully saturated rings. The van der Waals surface area contributed by atoms with Gasteiger partial charge in [-0.15, -0.1) is 0 Å². The Kier molecular flexibility index (Phi) is 2.39. The number of rotatable bonds is 2. The van der Waals surface area contributed by atoms with Gasteiger partial charge in [-0.25, -0.2) is 4.98 Å². The zero-order valence-corrected chi connectivity index (χ0v) is 10.7. The molecule has 0 saturated carbocycles. The first-order chi connectivity index (χ1) is 9.92. The highest BCUT2D eigenvalue weighted by molar-refractivity contribution is 5.77. The van der Waals surface area contributed by atoms with Crippen LogP contribution in [0, 0.1) is 0 Å². The van der Waals surface area contributed by atoms with E-state index in [2.05, 4.69) is 50.1 Å². The first-order valence-corrected chi connectivity index (χ1v) is 6.43. The van der Waals surface area contributed by atoms with Crippen molar-refractivity contribution in [3.63, 3.8) is 0 Å². The minimum absolute atomic E-state index is 1.01. The summed E-state index contributed by atoms with van der Waals surface area (Å²) in [6.07, 6.45) is 5.57. The van der Waals surface area contributed by atoms with E-state index in [1.807, 2.05) is 36.9 Å². The second kappa shape index (κ2) is 4.35. The van der Waals surface area contributed by atoms with Gasteiger partial charge >= 0.3 is 0 Å². The highest BCUT2D eigenvalue weighted by atomic mass is 15.1. The summed E-state index contributed by atoms with van der Waals surface area (Å²) in [6.45, 7) is 0. The second-order valence-corrected chi connectivity index (χ2v) is 4.64. The fourth-order valence-electron chi connectivity index (χ4n) is 2.39. The van der Waals surface area contributed by atoms with Gasteiger partial charge in [-0.1, -0.05) is 24.3 Å². The van der Waals surface area contributed by atoms with Crippen LogP contribution >= 0.6 is 0 Å². The van der Waals surface area contributed by atoms with E-state index in [-0.39, 0.29) is 0 Å². The second-order valence-electron chi connectivity index (χ2n) is 4.64. The lowest BCUT2D eigenvalue weighted by Crippen LogP contribution is -1.91. The molecule has 0 aliphatic rings. The fourth-order valence-corrected chi connectivity index (χ4v) is 2.39. The van der Waals surface area contributed by atoms with E-state index < -0.39 is 0 Å². The number of hydrogen-bond acceptors (Lipinski definition) is 2. The van der Waals surface area contributed by atoms with Gasteiger partial charge in [-0.05, 0) is 29.8 Å². The molecule has 4 aromatic rings. The molecule has 0 spiro atoms. The number of benzene rings is 2. The van der Waals surface area contributed by atoms with Crippen LogP contribution in [0.5, 0.6) is 0 Å². The fraction of sp³-hybridized carbons (Fsp3) is 0. The van der Waals surface area contributed by atoms with E-state index in [1.165, 1.54) is 0 Å². The SMILES string of the molecule is c1ccc2c(c1)ncn2-c1ccc(-c2cn[nH]c2)cc1. The summed E-state index contributed by atoms with van der Waals surface area (Å²) >= 11 is 0. The lowest BCUT2D eigenvalue weighted by Gasteiger charge is -2.05. The molecular formula is C16H12N4. The third kappa shape index (κ3) is 1.70. The molecule has 0 saturated heterocycles. The summed E-state index contributed by atoms with van der Waals surface area (Å²) in [6, 6.07) is 16.5. The molecule has 96 valence electrons. The van der Waals surface area contributed by atoms with E-state index in [0.29, 0.717) is 0 Å². The molecule has 2 heterocycles. The summed E-state index contributed by atoms with van der Waals surface area (Å²) < 4.78 is 2.09. The van der Waals surface area contributed by atoms with E-state index >= 15 is 0 Å². The normalized spacial score (nSPS) is 11.0. The maximum absolute atomic E-state index is 4.42. The van der Waals surface area contributed by atoms with Gasteiger partial charge in [0.15, 0.2) is 0 Å². The number of imidazole rings is 1. The number of nitrogens with one attached hydrogen (secondary N) is 1. The highest BCUT2D eigenvalue weighted by Crippen LogP contribution is 2.22. The number of aromatic amines is 1. The van der Waals surface area contributed by atoms with Crippen LogP contribution in [0.2, 0.25) is 0 Å². The molecule has 0 bridgehead atoms. The number of H-pyrrole nitrogens is 1. The van der Waals surface area contributed by atoms with Gasteiger partial charge in [0.1, 0.15) is 6.33 Å². The number of hydrogen-bond donors (Lipinski definition) is 1. The molecule has 4 heteroatoms. The maximum atomic E-state index is 4.42. The molecule has 20 heavy (non-hydrogen) atoms. The van der Waals surface area contributed by atoms with Gasteiger partial charge < -0.3 is 0 Å². The Labute approximate surface area is 115 Å². The van der Waals surface area contributed by atoms with Crippen molar-refractivity contribution in [2.45, 2.75) is 0 Å². The van der Waals surface area contributed by atoms with Crippen LogP contribution in [0.1, 0.15) is 0 Å². The van der Waals surface area contributed by atoms with Crippen molar-refractivity contribution in [3.05, 3.63) is 67.3 Å². The lowest BCUT2D eigenvalue weighted by atomic mass is 10.1. The van der Waals surface area contributed by atoms with Crippen LogP contribution in [0.15, 0.2) is 67.3 Å². The van der Waals surface area contributed by atoms with E-state index in [1.54, 1.807) is 0 Å². The minimum Gasteiger partial charge on any atom is -0.299 e. The Morgan fingerprint density at radius 1 is 0.900 bits per heavy atom. The zero-order valence-electron chi connectivity index (χ0n) is 10.7. The van der Waals surface area contributed by atoms with Crippen LogP contribution in [0.4, 0.5) is 0 Å². The van der Waals surface area contributed by atoms with E-state index in [4.69, 9.17) is 0 Å². The standard InChI is InChI=1S/C16H12N4/c1-2-4-16-15(3-1)17-11-20(16)14-7-5-12(6-8-14)13-9-18-19-10-13/h1-11H,(H,18,19). The van der Waals surface area contributed by atoms with Crippen LogP contribution in [0.3, 0.4) is 0 Å². The predicted molar refractivity (Wildman–Crippen MR) is 78.7 cm³/mol. The van der Waals surface area contributed by atoms with Gasteiger partial charge in [-0.2, -0.15) is 5.10 Å². The third-order valence-electron chi connectivity index (χ3n) is 3.43. The quantitative estimate of drug-likeness (QED) is 0.600. The third-order valence-corrected chi connectivity index (χ3v) is 3.43. The molecular weight excluding hydrogens is 248 g/mol. The van der Waals surface area contributed by atoms with Gasteiger partial charge in [0.25, 0.3) is 0 Å². The van der Waals surface area contributed by atoms with Crippen LogP contribution in [0.25, 0.3) is 27.8 Å². The zero-order chi connectivity index (χ0) is 13.4. The van der Waals surface area contributed by atoms with Gasteiger partial charge in [0.05, 0.1) is 17.2 Å². The van der Waals surface area contributed by atoms with Gasteiger partial charge in [0.2, 0.25) is 0 Å². The molecule has 0 aliphatic carbocycles. The van der Waals surface area contributed by atoms with Crippen molar-refractivity contribution >= 4 is 11.0 Å². The van der Waals surface area contributed by atoms with E-state index in [9.17, 15) is 0 Å². The smallest absolute Gasteiger partial charge is 0.100 e. The summed E-state index contributed by atoms with van der Waals surface area (Å²) in [4.78, 5) is 4.42. The first kappa shape index (κ1) is 11.0. The number of nitrogens with zero attached hydrogens (tertiary/aromatic N) is 3. The molecule has 0 aliphatic heterocycles. The van der Waals surface area contributed by atoms with E-state index in [0.717, 1.165) is 27.8 Å².